The molecule has 6 heteroatoms. The first-order valence-electron chi connectivity index (χ1n) is 5.69. The van der Waals surface area contributed by atoms with Crippen molar-refractivity contribution in [2.75, 3.05) is 18.5 Å². The van der Waals surface area contributed by atoms with Crippen LogP contribution in [0, 0.1) is 0 Å². The van der Waals surface area contributed by atoms with Crippen LogP contribution in [-0.4, -0.2) is 24.2 Å². The Labute approximate surface area is 110 Å². The minimum Gasteiger partial charge on any atom is -0.381 e. The Bertz CT molecular complexity index is 454. The third kappa shape index (κ3) is 3.72. The molecule has 18 heavy (non-hydrogen) atoms. The zero-order valence-electron chi connectivity index (χ0n) is 9.78. The van der Waals surface area contributed by atoms with Gasteiger partial charge >= 0.3 is 6.03 Å². The first-order valence-corrected chi connectivity index (χ1v) is 6.07. The lowest BCUT2D eigenvalue weighted by molar-refractivity contribution is 0.119. The second-order valence-corrected chi connectivity index (χ2v) is 4.21. The quantitative estimate of drug-likeness (QED) is 0.810. The van der Waals surface area contributed by atoms with Crippen molar-refractivity contribution < 1.29 is 9.53 Å². The van der Waals surface area contributed by atoms with Gasteiger partial charge in [0.25, 0.3) is 0 Å². The van der Waals surface area contributed by atoms with Gasteiger partial charge in [0.15, 0.2) is 5.15 Å². The van der Waals surface area contributed by atoms with E-state index in [1.165, 1.54) is 5.57 Å². The largest absolute Gasteiger partial charge is 0.381 e. The van der Waals surface area contributed by atoms with Crippen LogP contribution in [0.25, 0.3) is 0 Å². The first-order chi connectivity index (χ1) is 8.75. The summed E-state index contributed by atoms with van der Waals surface area (Å²) in [5, 5.41) is 5.57. The van der Waals surface area contributed by atoms with E-state index in [1.54, 1.807) is 24.5 Å². The number of pyridine rings is 1. The highest BCUT2D eigenvalue weighted by atomic mass is 35.5. The summed E-state index contributed by atoms with van der Waals surface area (Å²) >= 11 is 5.83. The van der Waals surface area contributed by atoms with Crippen molar-refractivity contribution >= 4 is 23.3 Å². The average Bonchev–Trinajstić information content (AvgIpc) is 2.40. The maximum Gasteiger partial charge on any atom is 0.323 e. The highest BCUT2D eigenvalue weighted by molar-refractivity contribution is 6.32. The standard InChI is InChI=1S/C12H14ClN3O2/c13-11-10(2-1-5-14-11)16-12(17)15-8-9-3-6-18-7-4-9/h1-2,5,8H,3-4,6-7H2,(H2,15,16,17). The van der Waals surface area contributed by atoms with Crippen LogP contribution < -0.4 is 10.6 Å². The van der Waals surface area contributed by atoms with Crippen molar-refractivity contribution in [2.24, 2.45) is 0 Å². The fourth-order valence-corrected chi connectivity index (χ4v) is 1.75. The number of carbonyl (C=O) groups is 1. The Kier molecular flexibility index (Phi) is 4.55. The first kappa shape index (κ1) is 12.9. The van der Waals surface area contributed by atoms with Crippen molar-refractivity contribution in [1.82, 2.24) is 10.3 Å². The highest BCUT2D eigenvalue weighted by Crippen LogP contribution is 2.17. The van der Waals surface area contributed by atoms with Gasteiger partial charge in [0.05, 0.1) is 18.9 Å². The average molecular weight is 268 g/mol. The zero-order valence-corrected chi connectivity index (χ0v) is 10.5. The Balaban J connectivity index is 1.87. The predicted molar refractivity (Wildman–Crippen MR) is 69.5 cm³/mol. The van der Waals surface area contributed by atoms with Crippen molar-refractivity contribution in [3.05, 3.63) is 35.3 Å². The molecule has 0 unspecified atom stereocenters. The van der Waals surface area contributed by atoms with Gasteiger partial charge in [-0.25, -0.2) is 9.78 Å². The van der Waals surface area contributed by atoms with Crippen LogP contribution in [0.2, 0.25) is 5.15 Å². The molecule has 1 aliphatic heterocycles. The summed E-state index contributed by atoms with van der Waals surface area (Å²) < 4.78 is 5.22. The molecular weight excluding hydrogens is 254 g/mol. The molecule has 1 aromatic rings. The lowest BCUT2D eigenvalue weighted by Crippen LogP contribution is -2.25. The number of carbonyl (C=O) groups excluding carboxylic acids is 1. The van der Waals surface area contributed by atoms with Crippen LogP contribution in [0.4, 0.5) is 10.5 Å². The smallest absolute Gasteiger partial charge is 0.323 e. The Morgan fingerprint density at radius 1 is 1.44 bits per heavy atom. The molecule has 0 aliphatic carbocycles. The van der Waals surface area contributed by atoms with Gasteiger partial charge in [-0.3, -0.25) is 0 Å². The molecule has 0 radical (unpaired) electrons. The van der Waals surface area contributed by atoms with Crippen LogP contribution in [0.3, 0.4) is 0 Å². The van der Waals surface area contributed by atoms with Crippen LogP contribution in [0.15, 0.2) is 30.1 Å². The third-order valence-electron chi connectivity index (χ3n) is 2.55. The van der Waals surface area contributed by atoms with E-state index in [2.05, 4.69) is 15.6 Å². The second-order valence-electron chi connectivity index (χ2n) is 3.86. The van der Waals surface area contributed by atoms with Crippen molar-refractivity contribution in [3.8, 4) is 0 Å². The van der Waals surface area contributed by atoms with Gasteiger partial charge in [-0.05, 0) is 30.5 Å². The van der Waals surface area contributed by atoms with Gasteiger partial charge in [-0.2, -0.15) is 0 Å². The van der Waals surface area contributed by atoms with E-state index in [0.717, 1.165) is 12.8 Å². The summed E-state index contributed by atoms with van der Waals surface area (Å²) in [4.78, 5) is 15.5. The maximum atomic E-state index is 11.6. The Morgan fingerprint density at radius 3 is 2.94 bits per heavy atom. The van der Waals surface area contributed by atoms with Gasteiger partial charge in [-0.1, -0.05) is 11.6 Å². The van der Waals surface area contributed by atoms with Gasteiger partial charge in [0.1, 0.15) is 0 Å². The van der Waals surface area contributed by atoms with Gasteiger partial charge in [0.2, 0.25) is 0 Å². The van der Waals surface area contributed by atoms with E-state index < -0.39 is 0 Å². The monoisotopic (exact) mass is 267 g/mol. The SMILES string of the molecule is O=C(NC=C1CCOCC1)Nc1cccnc1Cl. The molecular formula is C12H14ClN3O2. The van der Waals surface area contributed by atoms with Gasteiger partial charge in [-0.15, -0.1) is 0 Å². The molecule has 0 saturated carbocycles. The number of ether oxygens (including phenoxy) is 1. The number of amides is 2. The summed E-state index contributed by atoms with van der Waals surface area (Å²) in [7, 11) is 0. The summed E-state index contributed by atoms with van der Waals surface area (Å²) in [5.41, 5.74) is 1.66. The third-order valence-corrected chi connectivity index (χ3v) is 2.85. The number of anilines is 1. The molecule has 0 aromatic carbocycles. The molecule has 5 nitrogen and oxygen atoms in total. The summed E-state index contributed by atoms with van der Waals surface area (Å²) in [5.74, 6) is 0. The lowest BCUT2D eigenvalue weighted by Gasteiger charge is -2.14. The molecule has 2 amide bonds. The van der Waals surface area contributed by atoms with Crippen molar-refractivity contribution in [3.63, 3.8) is 0 Å². The minimum atomic E-state index is -0.330. The maximum absolute atomic E-state index is 11.6. The van der Waals surface area contributed by atoms with E-state index in [0.29, 0.717) is 18.9 Å². The van der Waals surface area contributed by atoms with E-state index in [-0.39, 0.29) is 11.2 Å². The molecule has 2 heterocycles. The molecule has 0 atom stereocenters. The van der Waals surface area contributed by atoms with E-state index >= 15 is 0 Å². The fraction of sp³-hybridized carbons (Fsp3) is 0.333. The fourth-order valence-electron chi connectivity index (χ4n) is 1.58. The number of rotatable bonds is 2. The Morgan fingerprint density at radius 2 is 2.22 bits per heavy atom. The topological polar surface area (TPSA) is 63.2 Å². The van der Waals surface area contributed by atoms with Gasteiger partial charge in [0, 0.05) is 12.4 Å². The van der Waals surface area contributed by atoms with Crippen LogP contribution in [0.1, 0.15) is 12.8 Å². The molecule has 1 aromatic heterocycles. The van der Waals surface area contributed by atoms with Crippen molar-refractivity contribution in [1.29, 1.82) is 0 Å². The molecule has 2 N–H and O–H groups in total. The second kappa shape index (κ2) is 6.37. The highest BCUT2D eigenvalue weighted by Gasteiger charge is 2.07. The number of halogens is 1. The molecule has 2 rings (SSSR count). The number of nitrogens with one attached hydrogen (secondary N) is 2. The lowest BCUT2D eigenvalue weighted by atomic mass is 10.1. The van der Waals surface area contributed by atoms with Crippen LogP contribution >= 0.6 is 11.6 Å². The number of nitrogens with zero attached hydrogens (tertiary/aromatic N) is 1. The Hall–Kier alpha value is -1.59. The number of hydrogen-bond donors (Lipinski definition) is 2. The molecule has 1 saturated heterocycles. The normalized spacial score (nSPS) is 15.1. The zero-order chi connectivity index (χ0) is 12.8. The van der Waals surface area contributed by atoms with E-state index in [1.807, 2.05) is 0 Å². The van der Waals surface area contributed by atoms with Gasteiger partial charge < -0.3 is 15.4 Å². The molecule has 0 spiro atoms. The number of aromatic nitrogens is 1. The van der Waals surface area contributed by atoms with E-state index in [4.69, 9.17) is 16.3 Å². The molecule has 1 fully saturated rings. The van der Waals surface area contributed by atoms with E-state index in [9.17, 15) is 4.79 Å². The molecule has 96 valence electrons. The number of hydrogen-bond acceptors (Lipinski definition) is 3. The summed E-state index contributed by atoms with van der Waals surface area (Å²) in [6.45, 7) is 1.42. The predicted octanol–water partition coefficient (Wildman–Crippen LogP) is 2.55. The van der Waals surface area contributed by atoms with Crippen LogP contribution in [0.5, 0.6) is 0 Å². The van der Waals surface area contributed by atoms with Crippen LogP contribution in [-0.2, 0) is 4.74 Å². The summed E-state index contributed by atoms with van der Waals surface area (Å²) in [6, 6.07) is 3.07. The molecule has 0 bridgehead atoms. The minimum absolute atomic E-state index is 0.270. The van der Waals surface area contributed by atoms with Crippen molar-refractivity contribution in [2.45, 2.75) is 12.8 Å². The summed E-state index contributed by atoms with van der Waals surface area (Å²) in [6.07, 6.45) is 5.00. The number of urea groups is 1. The molecule has 1 aliphatic rings.